The Labute approximate surface area is 107 Å². The molecule has 1 rings (SSSR count). The Hall–Kier alpha value is -1.78. The van der Waals surface area contributed by atoms with Crippen LogP contribution in [0.4, 0.5) is 4.79 Å². The van der Waals surface area contributed by atoms with Gasteiger partial charge in [0.05, 0.1) is 6.04 Å². The zero-order chi connectivity index (χ0) is 13.8. The first-order valence-corrected chi connectivity index (χ1v) is 5.84. The van der Waals surface area contributed by atoms with E-state index in [1.165, 1.54) is 4.90 Å². The number of rotatable bonds is 3. The fourth-order valence-electron chi connectivity index (χ4n) is 1.99. The van der Waals surface area contributed by atoms with Crippen molar-refractivity contribution < 1.29 is 14.7 Å². The molecule has 5 heteroatoms. The first-order valence-electron chi connectivity index (χ1n) is 5.84. The highest BCUT2D eigenvalue weighted by Crippen LogP contribution is 2.28. The smallest absolute Gasteiger partial charge is 0.408 e. The maximum atomic E-state index is 11.3. The van der Waals surface area contributed by atoms with E-state index >= 15 is 0 Å². The third-order valence-electron chi connectivity index (χ3n) is 2.61. The summed E-state index contributed by atoms with van der Waals surface area (Å²) in [5.74, 6) is 0. The number of nitrogens with zero attached hydrogens (tertiary/aromatic N) is 2. The van der Waals surface area contributed by atoms with Gasteiger partial charge in [0, 0.05) is 6.54 Å². The van der Waals surface area contributed by atoms with Gasteiger partial charge in [0.15, 0.2) is 0 Å². The summed E-state index contributed by atoms with van der Waals surface area (Å²) in [6.07, 6.45) is 4.23. The standard InChI is InChI=1S/C13H20N2O3/c1-5-9-18-14-10-7-6-8-15(12(16)17)11(10)13(2,3)4/h5-7,11H,1,8-9H2,2-4H3,(H,16,17). The molecule has 0 saturated heterocycles. The van der Waals surface area contributed by atoms with Gasteiger partial charge < -0.3 is 9.94 Å². The van der Waals surface area contributed by atoms with Crippen LogP contribution in [0.15, 0.2) is 30.0 Å². The van der Waals surface area contributed by atoms with Gasteiger partial charge in [0.2, 0.25) is 0 Å². The third-order valence-corrected chi connectivity index (χ3v) is 2.61. The number of amides is 1. The Morgan fingerprint density at radius 3 is 2.89 bits per heavy atom. The van der Waals surface area contributed by atoms with Crippen molar-refractivity contribution in [2.24, 2.45) is 10.6 Å². The van der Waals surface area contributed by atoms with Crippen LogP contribution in [0.2, 0.25) is 0 Å². The maximum Gasteiger partial charge on any atom is 0.408 e. The van der Waals surface area contributed by atoms with Gasteiger partial charge in [0.25, 0.3) is 0 Å². The lowest BCUT2D eigenvalue weighted by Gasteiger charge is -2.39. The van der Waals surface area contributed by atoms with Gasteiger partial charge in [-0.05, 0) is 11.5 Å². The van der Waals surface area contributed by atoms with Gasteiger partial charge in [-0.15, -0.1) is 0 Å². The lowest BCUT2D eigenvalue weighted by Crippen LogP contribution is -2.53. The molecule has 0 spiro atoms. The summed E-state index contributed by atoms with van der Waals surface area (Å²) < 4.78 is 0. The zero-order valence-electron chi connectivity index (χ0n) is 11.1. The Morgan fingerprint density at radius 2 is 2.39 bits per heavy atom. The number of carboxylic acid groups (broad SMARTS) is 1. The van der Waals surface area contributed by atoms with Crippen LogP contribution in [0.1, 0.15) is 20.8 Å². The molecule has 0 aliphatic carbocycles. The Balaban J connectivity index is 3.03. The topological polar surface area (TPSA) is 62.1 Å². The van der Waals surface area contributed by atoms with Gasteiger partial charge in [-0.2, -0.15) is 0 Å². The van der Waals surface area contributed by atoms with Crippen LogP contribution >= 0.6 is 0 Å². The summed E-state index contributed by atoms with van der Waals surface area (Å²) in [5, 5.41) is 13.2. The molecule has 100 valence electrons. The van der Waals surface area contributed by atoms with Crippen molar-refractivity contribution in [3.8, 4) is 0 Å². The van der Waals surface area contributed by atoms with Crippen LogP contribution in [0.3, 0.4) is 0 Å². The average Bonchev–Trinajstić information content (AvgIpc) is 2.27. The minimum absolute atomic E-state index is 0.250. The minimum atomic E-state index is -0.948. The second-order valence-corrected chi connectivity index (χ2v) is 5.21. The van der Waals surface area contributed by atoms with Crippen LogP contribution in [0.5, 0.6) is 0 Å². The van der Waals surface area contributed by atoms with E-state index in [1.54, 1.807) is 12.2 Å². The molecule has 1 N–H and O–H groups in total. The Morgan fingerprint density at radius 1 is 1.72 bits per heavy atom. The maximum absolute atomic E-state index is 11.3. The van der Waals surface area contributed by atoms with Crippen molar-refractivity contribution in [3.05, 3.63) is 24.8 Å². The van der Waals surface area contributed by atoms with Crippen molar-refractivity contribution >= 4 is 11.8 Å². The van der Waals surface area contributed by atoms with Crippen LogP contribution in [-0.4, -0.2) is 41.0 Å². The molecule has 5 nitrogen and oxygen atoms in total. The molecular formula is C13H20N2O3. The van der Waals surface area contributed by atoms with Gasteiger partial charge in [0.1, 0.15) is 12.3 Å². The van der Waals surface area contributed by atoms with E-state index in [-0.39, 0.29) is 11.5 Å². The lowest BCUT2D eigenvalue weighted by atomic mass is 9.81. The summed E-state index contributed by atoms with van der Waals surface area (Å²) in [6.45, 7) is 10.2. The molecular weight excluding hydrogens is 232 g/mol. The number of carbonyl (C=O) groups is 1. The van der Waals surface area contributed by atoms with Crippen molar-refractivity contribution in [2.75, 3.05) is 13.2 Å². The summed E-state index contributed by atoms with van der Waals surface area (Å²) >= 11 is 0. The number of hydrogen-bond donors (Lipinski definition) is 1. The van der Waals surface area contributed by atoms with E-state index in [1.807, 2.05) is 26.8 Å². The summed E-state index contributed by atoms with van der Waals surface area (Å²) in [4.78, 5) is 17.7. The highest BCUT2D eigenvalue weighted by Gasteiger charge is 2.38. The molecule has 1 aliphatic rings. The van der Waals surface area contributed by atoms with E-state index in [9.17, 15) is 9.90 Å². The molecule has 1 amide bonds. The molecule has 0 radical (unpaired) electrons. The van der Waals surface area contributed by atoms with E-state index in [0.29, 0.717) is 18.9 Å². The summed E-state index contributed by atoms with van der Waals surface area (Å²) in [5.41, 5.74) is 0.373. The number of hydrogen-bond acceptors (Lipinski definition) is 3. The average molecular weight is 252 g/mol. The predicted molar refractivity (Wildman–Crippen MR) is 70.7 cm³/mol. The van der Waals surface area contributed by atoms with E-state index < -0.39 is 6.09 Å². The first kappa shape index (κ1) is 14.3. The number of oxime groups is 1. The Bertz CT molecular complexity index is 380. The molecule has 1 unspecified atom stereocenters. The fraction of sp³-hybridized carbons (Fsp3) is 0.538. The molecule has 0 bridgehead atoms. The molecule has 18 heavy (non-hydrogen) atoms. The van der Waals surface area contributed by atoms with Gasteiger partial charge in [-0.1, -0.05) is 44.7 Å². The van der Waals surface area contributed by atoms with Crippen molar-refractivity contribution in [1.82, 2.24) is 4.90 Å². The van der Waals surface area contributed by atoms with Crippen molar-refractivity contribution in [1.29, 1.82) is 0 Å². The molecule has 0 aromatic rings. The second-order valence-electron chi connectivity index (χ2n) is 5.21. The summed E-state index contributed by atoms with van der Waals surface area (Å²) in [7, 11) is 0. The van der Waals surface area contributed by atoms with Gasteiger partial charge in [-0.3, -0.25) is 4.90 Å². The Kier molecular flexibility index (Phi) is 4.53. The molecule has 0 fully saturated rings. The van der Waals surface area contributed by atoms with Crippen LogP contribution < -0.4 is 0 Å². The van der Waals surface area contributed by atoms with Crippen molar-refractivity contribution in [3.63, 3.8) is 0 Å². The molecule has 0 aromatic carbocycles. The van der Waals surface area contributed by atoms with E-state index in [4.69, 9.17) is 4.84 Å². The van der Waals surface area contributed by atoms with Crippen LogP contribution in [0, 0.1) is 5.41 Å². The largest absolute Gasteiger partial charge is 0.465 e. The van der Waals surface area contributed by atoms with Crippen LogP contribution in [-0.2, 0) is 4.84 Å². The van der Waals surface area contributed by atoms with Gasteiger partial charge in [-0.25, -0.2) is 4.79 Å². The summed E-state index contributed by atoms with van der Waals surface area (Å²) in [6, 6.07) is -0.315. The quantitative estimate of drug-likeness (QED) is 0.477. The monoisotopic (exact) mass is 252 g/mol. The predicted octanol–water partition coefficient (Wildman–Crippen LogP) is 2.51. The van der Waals surface area contributed by atoms with Crippen LogP contribution in [0.25, 0.3) is 0 Å². The highest BCUT2D eigenvalue weighted by molar-refractivity contribution is 6.01. The molecule has 1 atom stereocenters. The molecule has 0 aromatic heterocycles. The minimum Gasteiger partial charge on any atom is -0.465 e. The molecule has 0 saturated carbocycles. The van der Waals surface area contributed by atoms with Crippen molar-refractivity contribution in [2.45, 2.75) is 26.8 Å². The lowest BCUT2D eigenvalue weighted by molar-refractivity contribution is 0.110. The zero-order valence-corrected chi connectivity index (χ0v) is 11.1. The molecule has 1 heterocycles. The molecule has 1 aliphatic heterocycles. The normalized spacial score (nSPS) is 22.1. The van der Waals surface area contributed by atoms with E-state index in [2.05, 4.69) is 11.7 Å². The third kappa shape index (κ3) is 3.35. The SMILES string of the molecule is C=CCON=C1C=CCN(C(=O)O)C1C(C)(C)C. The fourth-order valence-corrected chi connectivity index (χ4v) is 1.99. The first-order chi connectivity index (χ1) is 8.38. The van der Waals surface area contributed by atoms with E-state index in [0.717, 1.165) is 0 Å². The highest BCUT2D eigenvalue weighted by atomic mass is 16.6. The second kappa shape index (κ2) is 5.71. The van der Waals surface area contributed by atoms with Gasteiger partial charge >= 0.3 is 6.09 Å².